The lowest BCUT2D eigenvalue weighted by Gasteiger charge is -2.12. The molecule has 1 aromatic heterocycles. The minimum atomic E-state index is -0.913. The summed E-state index contributed by atoms with van der Waals surface area (Å²) in [6.45, 7) is 0. The fraction of sp³-hybridized carbons (Fsp3) is 0.182. The molecule has 2 aromatic rings. The van der Waals surface area contributed by atoms with Crippen molar-refractivity contribution < 1.29 is 8.78 Å². The van der Waals surface area contributed by atoms with Crippen molar-refractivity contribution in [1.82, 2.24) is 9.55 Å². The van der Waals surface area contributed by atoms with Gasteiger partial charge in [0, 0.05) is 23.3 Å². The van der Waals surface area contributed by atoms with Crippen LogP contribution in [0.3, 0.4) is 0 Å². The highest BCUT2D eigenvalue weighted by Gasteiger charge is 2.20. The molecule has 6 heteroatoms. The smallest absolute Gasteiger partial charge is 0.132 e. The number of hydrogen-bond donors (Lipinski definition) is 1. The van der Waals surface area contributed by atoms with Crippen molar-refractivity contribution in [2.45, 2.75) is 6.04 Å². The van der Waals surface area contributed by atoms with E-state index in [0.29, 0.717) is 10.2 Å². The summed E-state index contributed by atoms with van der Waals surface area (Å²) < 4.78 is 29.3. The molecule has 0 saturated carbocycles. The molecule has 0 amide bonds. The molecule has 17 heavy (non-hydrogen) atoms. The van der Waals surface area contributed by atoms with Crippen LogP contribution in [0.5, 0.6) is 0 Å². The Bertz CT molecular complexity index is 530. The van der Waals surface area contributed by atoms with E-state index in [-0.39, 0.29) is 5.56 Å². The van der Waals surface area contributed by atoms with Crippen LogP contribution in [0.15, 0.2) is 29.1 Å². The molecule has 1 unspecified atom stereocenters. The Morgan fingerprint density at radius 2 is 1.94 bits per heavy atom. The number of nitrogens with two attached hydrogens (primary N) is 1. The third-order valence-corrected chi connectivity index (χ3v) is 2.86. The van der Waals surface area contributed by atoms with E-state index in [4.69, 9.17) is 5.73 Å². The zero-order valence-corrected chi connectivity index (χ0v) is 10.6. The highest BCUT2D eigenvalue weighted by molar-refractivity contribution is 9.10. The summed E-state index contributed by atoms with van der Waals surface area (Å²) in [6.07, 6.45) is 3.16. The lowest BCUT2D eigenvalue weighted by Crippen LogP contribution is -2.16. The van der Waals surface area contributed by atoms with Gasteiger partial charge in [-0.05, 0) is 12.1 Å². The SMILES string of the molecule is Cn1cnc(C(N)c2c(F)cc(Br)cc2F)c1. The molecule has 0 aliphatic heterocycles. The Hall–Kier alpha value is -1.27. The molecule has 2 rings (SSSR count). The van der Waals surface area contributed by atoms with E-state index in [0.717, 1.165) is 0 Å². The molecule has 3 nitrogen and oxygen atoms in total. The van der Waals surface area contributed by atoms with Gasteiger partial charge in [-0.15, -0.1) is 0 Å². The number of aryl methyl sites for hydroxylation is 1. The van der Waals surface area contributed by atoms with Crippen molar-refractivity contribution >= 4 is 15.9 Å². The van der Waals surface area contributed by atoms with Crippen LogP contribution in [0, 0.1) is 11.6 Å². The Morgan fingerprint density at radius 3 is 2.41 bits per heavy atom. The van der Waals surface area contributed by atoms with Crippen LogP contribution in [-0.2, 0) is 7.05 Å². The van der Waals surface area contributed by atoms with Gasteiger partial charge >= 0.3 is 0 Å². The summed E-state index contributed by atoms with van der Waals surface area (Å²) in [5.74, 6) is -1.37. The molecule has 1 atom stereocenters. The number of aromatic nitrogens is 2. The first-order chi connectivity index (χ1) is 7.99. The van der Waals surface area contributed by atoms with Crippen molar-refractivity contribution in [2.75, 3.05) is 0 Å². The number of rotatable bonds is 2. The zero-order valence-electron chi connectivity index (χ0n) is 8.99. The molecule has 0 bridgehead atoms. The summed E-state index contributed by atoms with van der Waals surface area (Å²) in [4.78, 5) is 3.99. The predicted molar refractivity (Wildman–Crippen MR) is 63.3 cm³/mol. The summed E-state index contributed by atoms with van der Waals surface area (Å²) in [7, 11) is 1.76. The number of nitrogens with zero attached hydrogens (tertiary/aromatic N) is 2. The Kier molecular flexibility index (Phi) is 3.26. The van der Waals surface area contributed by atoms with Crippen LogP contribution >= 0.6 is 15.9 Å². The molecular formula is C11H10BrF2N3. The van der Waals surface area contributed by atoms with Gasteiger partial charge < -0.3 is 10.3 Å². The summed E-state index contributed by atoms with van der Waals surface area (Å²) in [5, 5.41) is 0. The summed E-state index contributed by atoms with van der Waals surface area (Å²) in [6, 6.07) is 1.45. The molecule has 0 saturated heterocycles. The minimum absolute atomic E-state index is 0.174. The highest BCUT2D eigenvalue weighted by Crippen LogP contribution is 2.26. The molecule has 0 aliphatic carbocycles. The third kappa shape index (κ3) is 2.37. The number of imidazole rings is 1. The van der Waals surface area contributed by atoms with Crippen molar-refractivity contribution in [1.29, 1.82) is 0 Å². The van der Waals surface area contributed by atoms with Gasteiger partial charge in [0.25, 0.3) is 0 Å². The fourth-order valence-electron chi connectivity index (χ4n) is 1.59. The average Bonchev–Trinajstić information content (AvgIpc) is 2.63. The average molecular weight is 302 g/mol. The number of halogens is 3. The van der Waals surface area contributed by atoms with Crippen LogP contribution < -0.4 is 5.73 Å². The molecule has 0 aliphatic rings. The highest BCUT2D eigenvalue weighted by atomic mass is 79.9. The van der Waals surface area contributed by atoms with Crippen molar-refractivity contribution in [3.63, 3.8) is 0 Å². The molecule has 1 heterocycles. The summed E-state index contributed by atoms with van der Waals surface area (Å²) >= 11 is 3.02. The predicted octanol–water partition coefficient (Wildman–Crippen LogP) is 2.51. The van der Waals surface area contributed by atoms with Crippen LogP contribution in [0.1, 0.15) is 17.3 Å². The van der Waals surface area contributed by atoms with Gasteiger partial charge in [0.2, 0.25) is 0 Å². The van der Waals surface area contributed by atoms with Crippen molar-refractivity contribution in [3.05, 3.63) is 52.0 Å². The second-order valence-electron chi connectivity index (χ2n) is 3.72. The van der Waals surface area contributed by atoms with Crippen LogP contribution in [0.4, 0.5) is 8.78 Å². The van der Waals surface area contributed by atoms with Crippen LogP contribution in [-0.4, -0.2) is 9.55 Å². The Morgan fingerprint density at radius 1 is 1.35 bits per heavy atom. The normalized spacial score (nSPS) is 12.8. The van der Waals surface area contributed by atoms with E-state index in [1.165, 1.54) is 18.5 Å². The quantitative estimate of drug-likeness (QED) is 0.926. The lowest BCUT2D eigenvalue weighted by atomic mass is 10.0. The van der Waals surface area contributed by atoms with E-state index in [2.05, 4.69) is 20.9 Å². The molecule has 1 aromatic carbocycles. The molecule has 0 radical (unpaired) electrons. The van der Waals surface area contributed by atoms with Crippen molar-refractivity contribution in [2.24, 2.45) is 12.8 Å². The minimum Gasteiger partial charge on any atom is -0.340 e. The van der Waals surface area contributed by atoms with Crippen LogP contribution in [0.25, 0.3) is 0 Å². The second kappa shape index (κ2) is 4.54. The molecule has 0 fully saturated rings. The molecule has 2 N–H and O–H groups in total. The van der Waals surface area contributed by atoms with Gasteiger partial charge in [-0.2, -0.15) is 0 Å². The third-order valence-electron chi connectivity index (χ3n) is 2.40. The molecule has 90 valence electrons. The maximum absolute atomic E-state index is 13.7. The lowest BCUT2D eigenvalue weighted by molar-refractivity contribution is 0.540. The molecular weight excluding hydrogens is 292 g/mol. The summed E-state index contributed by atoms with van der Waals surface area (Å²) in [5.41, 5.74) is 6.06. The zero-order chi connectivity index (χ0) is 12.6. The fourth-order valence-corrected chi connectivity index (χ4v) is 1.99. The van der Waals surface area contributed by atoms with E-state index in [9.17, 15) is 8.78 Å². The number of hydrogen-bond acceptors (Lipinski definition) is 2. The van der Waals surface area contributed by atoms with Gasteiger partial charge in [-0.1, -0.05) is 15.9 Å². The Labute approximate surface area is 105 Å². The van der Waals surface area contributed by atoms with Gasteiger partial charge in [0.05, 0.1) is 18.1 Å². The van der Waals surface area contributed by atoms with Crippen molar-refractivity contribution in [3.8, 4) is 0 Å². The first-order valence-corrected chi connectivity index (χ1v) is 5.66. The number of benzene rings is 1. The monoisotopic (exact) mass is 301 g/mol. The molecule has 0 spiro atoms. The second-order valence-corrected chi connectivity index (χ2v) is 4.64. The maximum atomic E-state index is 13.7. The topological polar surface area (TPSA) is 43.8 Å². The van der Waals surface area contributed by atoms with E-state index in [1.54, 1.807) is 17.8 Å². The van der Waals surface area contributed by atoms with Gasteiger partial charge in [-0.3, -0.25) is 0 Å². The largest absolute Gasteiger partial charge is 0.340 e. The standard InChI is InChI=1S/C11H10BrF2N3/c1-17-4-9(16-5-17)11(15)10-7(13)2-6(12)3-8(10)14/h2-5,11H,15H2,1H3. The van der Waals surface area contributed by atoms with E-state index < -0.39 is 17.7 Å². The van der Waals surface area contributed by atoms with Gasteiger partial charge in [-0.25, -0.2) is 13.8 Å². The van der Waals surface area contributed by atoms with Crippen LogP contribution in [0.2, 0.25) is 0 Å². The van der Waals surface area contributed by atoms with Gasteiger partial charge in [0.15, 0.2) is 0 Å². The van der Waals surface area contributed by atoms with E-state index >= 15 is 0 Å². The first-order valence-electron chi connectivity index (χ1n) is 4.87. The van der Waals surface area contributed by atoms with Gasteiger partial charge in [0.1, 0.15) is 11.6 Å². The Balaban J connectivity index is 2.47. The van der Waals surface area contributed by atoms with E-state index in [1.807, 2.05) is 0 Å². The maximum Gasteiger partial charge on any atom is 0.132 e. The first kappa shape index (κ1) is 12.2.